The summed E-state index contributed by atoms with van der Waals surface area (Å²) in [7, 11) is 0. The summed E-state index contributed by atoms with van der Waals surface area (Å²) >= 11 is 0. The third-order valence-electron chi connectivity index (χ3n) is 8.27. The van der Waals surface area contributed by atoms with E-state index in [1.165, 1.54) is 12.8 Å². The summed E-state index contributed by atoms with van der Waals surface area (Å²) in [6.07, 6.45) is 4.30. The van der Waals surface area contributed by atoms with Crippen molar-refractivity contribution in [2.24, 2.45) is 51.2 Å². The molecule has 0 amide bonds. The number of esters is 1. The number of ether oxygens (including phenoxy) is 1. The van der Waals surface area contributed by atoms with E-state index in [2.05, 4.69) is 83.1 Å². The maximum Gasteiger partial charge on any atom is 0.312 e. The van der Waals surface area contributed by atoms with Gasteiger partial charge in [0.1, 0.15) is 6.10 Å². The van der Waals surface area contributed by atoms with Gasteiger partial charge in [0.25, 0.3) is 0 Å². The van der Waals surface area contributed by atoms with E-state index in [0.29, 0.717) is 35.0 Å². The predicted molar refractivity (Wildman–Crippen MR) is 124 cm³/mol. The summed E-state index contributed by atoms with van der Waals surface area (Å²) in [5, 5.41) is 0. The molecule has 3 atom stereocenters. The molecule has 0 N–H and O–H groups in total. The minimum atomic E-state index is -0.296. The first kappa shape index (κ1) is 24.7. The van der Waals surface area contributed by atoms with Gasteiger partial charge in [0, 0.05) is 0 Å². The maximum atomic E-state index is 13.7. The molecular weight excluding hydrogens is 356 g/mol. The molecule has 0 heterocycles. The quantitative estimate of drug-likeness (QED) is 0.436. The van der Waals surface area contributed by atoms with Crippen LogP contribution in [0, 0.1) is 51.2 Å². The molecule has 2 aliphatic carbocycles. The van der Waals surface area contributed by atoms with E-state index < -0.39 is 0 Å². The molecule has 2 heteroatoms. The van der Waals surface area contributed by atoms with Crippen molar-refractivity contribution in [3.63, 3.8) is 0 Å². The lowest BCUT2D eigenvalue weighted by Gasteiger charge is -2.49. The first-order valence-corrected chi connectivity index (χ1v) is 12.1. The van der Waals surface area contributed by atoms with Crippen molar-refractivity contribution in [1.29, 1.82) is 0 Å². The smallest absolute Gasteiger partial charge is 0.312 e. The zero-order valence-electron chi connectivity index (χ0n) is 21.6. The van der Waals surface area contributed by atoms with Crippen LogP contribution in [0.25, 0.3) is 0 Å². The third kappa shape index (κ3) is 5.21. The van der Waals surface area contributed by atoms with Crippen LogP contribution in [0.5, 0.6) is 0 Å². The Bertz CT molecular complexity index is 569. The van der Waals surface area contributed by atoms with Crippen molar-refractivity contribution in [3.05, 3.63) is 0 Å². The van der Waals surface area contributed by atoms with Crippen LogP contribution < -0.4 is 0 Å². The first-order chi connectivity index (χ1) is 12.9. The minimum Gasteiger partial charge on any atom is -0.461 e. The topological polar surface area (TPSA) is 26.3 Å². The summed E-state index contributed by atoms with van der Waals surface area (Å²) in [6, 6.07) is 0. The van der Waals surface area contributed by atoms with E-state index in [0.717, 1.165) is 12.8 Å². The fourth-order valence-corrected chi connectivity index (χ4v) is 6.10. The van der Waals surface area contributed by atoms with Crippen LogP contribution in [-0.4, -0.2) is 12.1 Å². The van der Waals surface area contributed by atoms with Gasteiger partial charge in [-0.1, -0.05) is 83.1 Å². The van der Waals surface area contributed by atoms with Gasteiger partial charge in [0.2, 0.25) is 0 Å². The van der Waals surface area contributed by atoms with Crippen LogP contribution in [0.4, 0.5) is 0 Å². The van der Waals surface area contributed by atoms with E-state index in [-0.39, 0.29) is 28.3 Å². The Balaban J connectivity index is 2.31. The Labute approximate surface area is 181 Å². The average molecular weight is 407 g/mol. The second-order valence-corrected chi connectivity index (χ2v) is 14.1. The van der Waals surface area contributed by atoms with Gasteiger partial charge in [0.05, 0.1) is 5.41 Å². The molecule has 2 saturated carbocycles. The molecule has 2 nitrogen and oxygen atoms in total. The van der Waals surface area contributed by atoms with Gasteiger partial charge in [-0.2, -0.15) is 0 Å². The maximum absolute atomic E-state index is 13.7. The van der Waals surface area contributed by atoms with E-state index in [1.807, 2.05) is 0 Å². The molecule has 0 aromatic heterocycles. The number of hydrogen-bond acceptors (Lipinski definition) is 2. The zero-order valence-corrected chi connectivity index (χ0v) is 21.6. The summed E-state index contributed by atoms with van der Waals surface area (Å²) in [4.78, 5) is 13.7. The van der Waals surface area contributed by atoms with Crippen molar-refractivity contribution >= 4 is 5.97 Å². The Kier molecular flexibility index (Phi) is 6.71. The lowest BCUT2D eigenvalue weighted by atomic mass is 9.60. The Hall–Kier alpha value is -0.530. The van der Waals surface area contributed by atoms with E-state index in [1.54, 1.807) is 0 Å². The molecule has 0 aromatic carbocycles. The van der Waals surface area contributed by atoms with Gasteiger partial charge in [0.15, 0.2) is 0 Å². The van der Waals surface area contributed by atoms with Gasteiger partial charge < -0.3 is 4.74 Å². The van der Waals surface area contributed by atoms with E-state index in [9.17, 15) is 4.79 Å². The minimum absolute atomic E-state index is 0.0562. The highest BCUT2D eigenvalue weighted by molar-refractivity contribution is 5.82. The molecule has 29 heavy (non-hydrogen) atoms. The lowest BCUT2D eigenvalue weighted by molar-refractivity contribution is -0.174. The highest BCUT2D eigenvalue weighted by Gasteiger charge is 2.68. The van der Waals surface area contributed by atoms with Crippen molar-refractivity contribution in [2.75, 3.05) is 0 Å². The summed E-state index contributed by atoms with van der Waals surface area (Å²) in [5.74, 6) is 2.76. The van der Waals surface area contributed by atoms with Crippen molar-refractivity contribution in [1.82, 2.24) is 0 Å². The molecule has 0 aliphatic heterocycles. The fourth-order valence-electron chi connectivity index (χ4n) is 6.10. The van der Waals surface area contributed by atoms with Crippen LogP contribution >= 0.6 is 0 Å². The average Bonchev–Trinajstić information content (AvgIpc) is 3.05. The molecule has 0 aromatic rings. The Morgan fingerprint density at radius 2 is 1.34 bits per heavy atom. The molecule has 0 radical (unpaired) electrons. The number of carbonyl (C=O) groups is 1. The monoisotopic (exact) mass is 406 g/mol. The van der Waals surface area contributed by atoms with Crippen LogP contribution in [-0.2, 0) is 9.53 Å². The van der Waals surface area contributed by atoms with Crippen molar-refractivity contribution in [2.45, 2.75) is 115 Å². The molecular formula is C27H50O2. The largest absolute Gasteiger partial charge is 0.461 e. The molecule has 2 aliphatic rings. The van der Waals surface area contributed by atoms with Gasteiger partial charge in [-0.3, -0.25) is 4.79 Å². The standard InChI is InChI=1S/C27H50O2/c1-17(2)20-13-19(25(8,9)10)14-21(18(3)4)22(20)29-23(28)27(15-24(5,6)7)16-26(27,11)12/h17-22H,13-16H2,1-12H3. The highest BCUT2D eigenvalue weighted by Crippen LogP contribution is 2.68. The summed E-state index contributed by atoms with van der Waals surface area (Å²) in [6.45, 7) is 27.7. The van der Waals surface area contributed by atoms with Crippen LogP contribution in [0.1, 0.15) is 109 Å². The van der Waals surface area contributed by atoms with Gasteiger partial charge in [-0.05, 0) is 71.5 Å². The van der Waals surface area contributed by atoms with E-state index in [4.69, 9.17) is 4.74 Å². The molecule has 0 spiro atoms. The highest BCUT2D eigenvalue weighted by atomic mass is 16.5. The number of rotatable bonds is 5. The molecule has 2 fully saturated rings. The molecule has 0 saturated heterocycles. The zero-order chi connectivity index (χ0) is 22.6. The summed E-state index contributed by atoms with van der Waals surface area (Å²) in [5.41, 5.74) is 0.197. The molecule has 3 unspecified atom stereocenters. The molecule has 170 valence electrons. The van der Waals surface area contributed by atoms with Gasteiger partial charge >= 0.3 is 5.97 Å². The van der Waals surface area contributed by atoms with Crippen molar-refractivity contribution < 1.29 is 9.53 Å². The number of carbonyl (C=O) groups excluding carboxylic acids is 1. The molecule has 2 rings (SSSR count). The van der Waals surface area contributed by atoms with Crippen LogP contribution in [0.2, 0.25) is 0 Å². The van der Waals surface area contributed by atoms with Crippen LogP contribution in [0.15, 0.2) is 0 Å². The van der Waals surface area contributed by atoms with Crippen LogP contribution in [0.3, 0.4) is 0 Å². The summed E-state index contributed by atoms with van der Waals surface area (Å²) < 4.78 is 6.57. The third-order valence-corrected chi connectivity index (χ3v) is 8.27. The number of hydrogen-bond donors (Lipinski definition) is 0. The Morgan fingerprint density at radius 3 is 1.62 bits per heavy atom. The first-order valence-electron chi connectivity index (χ1n) is 12.1. The molecule has 0 bridgehead atoms. The Morgan fingerprint density at radius 1 is 0.931 bits per heavy atom. The van der Waals surface area contributed by atoms with Crippen molar-refractivity contribution in [3.8, 4) is 0 Å². The predicted octanol–water partition coefficient (Wildman–Crippen LogP) is 7.75. The second kappa shape index (κ2) is 7.86. The van der Waals surface area contributed by atoms with Gasteiger partial charge in [-0.15, -0.1) is 0 Å². The fraction of sp³-hybridized carbons (Fsp3) is 0.963. The SMILES string of the molecule is CC(C)C1CC(C(C)(C)C)CC(C(C)C)C1OC(=O)C1(CC(C)(C)C)CC1(C)C. The van der Waals surface area contributed by atoms with E-state index >= 15 is 0 Å². The van der Waals surface area contributed by atoms with Gasteiger partial charge in [-0.25, -0.2) is 0 Å². The lowest BCUT2D eigenvalue weighted by Crippen LogP contribution is -2.48. The second-order valence-electron chi connectivity index (χ2n) is 14.1. The normalized spacial score (nSPS) is 35.1.